The van der Waals surface area contributed by atoms with E-state index in [1.165, 1.54) is 63.0 Å². The van der Waals surface area contributed by atoms with Crippen molar-refractivity contribution in [2.24, 2.45) is 21.1 Å². The van der Waals surface area contributed by atoms with E-state index in [0.717, 1.165) is 69.8 Å². The summed E-state index contributed by atoms with van der Waals surface area (Å²) in [7, 11) is 6.44. The molecule has 35 nitrogen and oxygen atoms in total. The minimum Gasteiger partial charge on any atom is -0.456 e. The van der Waals surface area contributed by atoms with E-state index in [-0.39, 0.29) is 124 Å². The first-order valence-corrected chi connectivity index (χ1v) is 31.1. The van der Waals surface area contributed by atoms with Crippen molar-refractivity contribution in [1.82, 2.24) is 63.3 Å². The molecule has 38 heteroatoms. The molecule has 3 radical (unpaired) electrons. The predicted molar refractivity (Wildman–Crippen MR) is 354 cm³/mol. The quantitative estimate of drug-likeness (QED) is 0.0533. The van der Waals surface area contributed by atoms with Crippen molar-refractivity contribution in [3.63, 3.8) is 0 Å². The third kappa shape index (κ3) is 20.3. The first-order valence-electron chi connectivity index (χ1n) is 31.1. The number of aliphatic hydroxyl groups excluding tert-OH is 5. The number of H-pyrrole nitrogens is 1. The Labute approximate surface area is 661 Å². The van der Waals surface area contributed by atoms with Crippen LogP contribution in [0.2, 0.25) is 0 Å². The van der Waals surface area contributed by atoms with Crippen LogP contribution in [0.25, 0.3) is 32.7 Å². The molecule has 3 aliphatic rings. The molecule has 103 heavy (non-hydrogen) atoms. The van der Waals surface area contributed by atoms with Gasteiger partial charge in [-0.05, 0) is 31.0 Å². The SMILES string of the molecule is CCC1OC(n2ccc(=O)[nH]c2=O)C(OC(C)=O)[C@H]1OC(C)=O.CCC1OC(n2ccc(=O)n(Cc3nn(C)c4ccccc34)c2=O)C(OC(C)=O)[C@H]1OC(C)=O.CO.Cn1nc(CO)c2ccccc21.Cn1nc(Cn2c(=O)ccn(C3OC(CO)[C@H](O)C3O)c2=O)c2ccccc21.N.[Y].[Y].[Y]. The molecule has 9 heterocycles. The van der Waals surface area contributed by atoms with Crippen LogP contribution in [0.5, 0.6) is 0 Å². The van der Waals surface area contributed by atoms with Crippen molar-refractivity contribution in [2.45, 2.75) is 148 Å². The number of benzene rings is 3. The van der Waals surface area contributed by atoms with Gasteiger partial charge in [0.05, 0.1) is 59.9 Å². The second kappa shape index (κ2) is 39.9. The second-order valence-electron chi connectivity index (χ2n) is 22.8. The van der Waals surface area contributed by atoms with Gasteiger partial charge in [0, 0.05) is 207 Å². The fourth-order valence-electron chi connectivity index (χ4n) is 11.8. The van der Waals surface area contributed by atoms with Crippen molar-refractivity contribution < 1.29 is 176 Å². The second-order valence-corrected chi connectivity index (χ2v) is 22.8. The first kappa shape index (κ1) is 88.3. The molecule has 3 aliphatic heterocycles. The third-order valence-corrected chi connectivity index (χ3v) is 16.2. The number of nitrogens with zero attached hydrogens (tertiary/aromatic N) is 11. The van der Waals surface area contributed by atoms with Crippen LogP contribution >= 0.6 is 0 Å². The molecule has 0 spiro atoms. The number of aromatic nitrogens is 12. The average Bonchev–Trinajstić information content (AvgIpc) is 1.68. The summed E-state index contributed by atoms with van der Waals surface area (Å²) >= 11 is 0. The first-order chi connectivity index (χ1) is 47.3. The standard InChI is InChI=1S/C23H26N4O7.C18H20N4O6.C14H18N2O7.C9H10N2O.CH4O.H3N.3Y/c1-5-18-20(32-13(2)28)21(33-14(3)29)22(34-18)26-11-10-19(30)27(23(26)31)12-16-15-8-6-7-9-17(15)25(4)24-16;1-20-12-5-3-2-4-10(12)11(19-20)8-22-14(24)6-7-21(18(22)27)17-16(26)15(25)13(9-23)28-17;1-4-9-11(21-7(2)17)12(22-8(3)18)13(23-9)16-6-5-10(19)15-14(16)20;1-11-9-5-3-2-4-7(9)8(6-12)10-11;1-2;;;;/h6-11,18,20-22H,5,12H2,1-4H3;2-7,13,15-17,23,25-26H,8-9H2,1H3;5-6,9,11-13H,4H2,1-3H3,(H,15,19,20);2-5,12H,6H2,1H3;2H,1H3;1H3;;;/t18?,20-,21?,22?;13?,15-,16?,17?;9?,11-,12?,13?;;;;;;/m000....../s1. The van der Waals surface area contributed by atoms with E-state index in [1.54, 1.807) is 28.1 Å². The summed E-state index contributed by atoms with van der Waals surface area (Å²) < 4.78 is 48.9. The van der Waals surface area contributed by atoms with Gasteiger partial charge in [-0.25, -0.2) is 14.4 Å². The normalized spacial score (nSPS) is 21.3. The van der Waals surface area contributed by atoms with Gasteiger partial charge in [-0.15, -0.1) is 0 Å². The Bertz CT molecular complexity index is 4760. The number of aryl methyl sites for hydroxylation is 3. The van der Waals surface area contributed by atoms with Crippen molar-refractivity contribution in [3.05, 3.63) is 189 Å². The topological polar surface area (TPSA) is 465 Å². The molecule has 3 aromatic carbocycles. The smallest absolute Gasteiger partial charge is 0.333 e. The summed E-state index contributed by atoms with van der Waals surface area (Å²) in [5.41, 5.74) is 0.962. The zero-order valence-corrected chi connectivity index (χ0v) is 66.6. The van der Waals surface area contributed by atoms with Gasteiger partial charge in [0.15, 0.2) is 43.1 Å². The van der Waals surface area contributed by atoms with E-state index < -0.39 is 138 Å². The number of hydrogen-bond acceptors (Lipinski definition) is 26. The summed E-state index contributed by atoms with van der Waals surface area (Å²) in [5, 5.41) is 61.0. The van der Waals surface area contributed by atoms with E-state index in [0.29, 0.717) is 24.2 Å². The zero-order valence-electron chi connectivity index (χ0n) is 58.1. The van der Waals surface area contributed by atoms with Crippen LogP contribution in [-0.2, 0) is 191 Å². The number of para-hydroxylation sites is 3. The number of nitrogens with one attached hydrogen (secondary N) is 1. The molecule has 12 rings (SSSR count). The number of carbonyl (C=O) groups is 4. The van der Waals surface area contributed by atoms with Crippen LogP contribution in [0.4, 0.5) is 0 Å². The van der Waals surface area contributed by atoms with E-state index >= 15 is 0 Å². The van der Waals surface area contributed by atoms with Gasteiger partial charge >= 0.3 is 40.9 Å². The molecule has 547 valence electrons. The molecular weight excluding hydrogens is 1580 g/mol. The summed E-state index contributed by atoms with van der Waals surface area (Å²) in [5.74, 6) is -2.34. The monoisotopic (exact) mass is 1660 g/mol. The molecular formula is C65H81N13O22Y3. The largest absolute Gasteiger partial charge is 0.456 e. The number of aromatic amines is 1. The number of aliphatic hydroxyl groups is 5. The van der Waals surface area contributed by atoms with Crippen LogP contribution in [-0.4, -0.2) is 175 Å². The maximum absolute atomic E-state index is 13.4. The molecule has 9 unspecified atom stereocenters. The number of rotatable bonds is 15. The third-order valence-electron chi connectivity index (χ3n) is 16.2. The molecule has 0 amide bonds. The van der Waals surface area contributed by atoms with Gasteiger partial charge in [0.1, 0.15) is 30.5 Å². The fraction of sp³-hybridized carbons (Fsp3) is 0.431. The Morgan fingerprint density at radius 3 is 1.17 bits per heavy atom. The van der Waals surface area contributed by atoms with Crippen LogP contribution in [0.15, 0.2) is 138 Å². The van der Waals surface area contributed by atoms with Crippen molar-refractivity contribution in [2.75, 3.05) is 13.7 Å². The van der Waals surface area contributed by atoms with Crippen molar-refractivity contribution in [1.29, 1.82) is 0 Å². The zero-order chi connectivity index (χ0) is 72.3. The summed E-state index contributed by atoms with van der Waals surface area (Å²) in [4.78, 5) is 123. The maximum Gasteiger partial charge on any atom is 0.333 e. The molecule has 9 N–H and O–H groups in total. The van der Waals surface area contributed by atoms with Gasteiger partial charge in [0.25, 0.3) is 16.7 Å². The average molecular weight is 1660 g/mol. The molecule has 0 aliphatic carbocycles. The van der Waals surface area contributed by atoms with Gasteiger partial charge in [-0.1, -0.05) is 68.4 Å². The molecule has 6 aromatic heterocycles. The number of ether oxygens (including phenoxy) is 7. The van der Waals surface area contributed by atoms with Crippen LogP contribution < -0.4 is 39.9 Å². The van der Waals surface area contributed by atoms with Crippen LogP contribution in [0.1, 0.15) is 90.1 Å². The Kier molecular flexibility index (Phi) is 34.2. The summed E-state index contributed by atoms with van der Waals surface area (Å²) in [6, 6.07) is 26.4. The summed E-state index contributed by atoms with van der Waals surface area (Å²) in [6.45, 7) is 7.90. The Morgan fingerprint density at radius 1 is 0.476 bits per heavy atom. The Morgan fingerprint density at radius 2 is 0.816 bits per heavy atom. The molecule has 0 bridgehead atoms. The number of carbonyl (C=O) groups excluding carboxylic acids is 4. The Hall–Kier alpha value is -7.06. The molecule has 0 saturated carbocycles. The molecule has 3 fully saturated rings. The van der Waals surface area contributed by atoms with Crippen molar-refractivity contribution in [3.8, 4) is 0 Å². The maximum atomic E-state index is 13.4. The minimum atomic E-state index is -1.42. The van der Waals surface area contributed by atoms with E-state index in [4.69, 9.17) is 43.4 Å². The fourth-order valence-corrected chi connectivity index (χ4v) is 11.8. The van der Waals surface area contributed by atoms with Gasteiger partial charge in [-0.2, -0.15) is 15.3 Å². The van der Waals surface area contributed by atoms with Gasteiger partial charge in [0.2, 0.25) is 0 Å². The number of hydrogen-bond donors (Lipinski definition) is 7. The van der Waals surface area contributed by atoms with Crippen LogP contribution in [0, 0.1) is 0 Å². The van der Waals surface area contributed by atoms with E-state index in [1.807, 2.05) is 93.7 Å². The van der Waals surface area contributed by atoms with Crippen LogP contribution in [0.3, 0.4) is 0 Å². The number of esters is 4. The minimum absolute atomic E-state index is 0. The molecule has 9 aromatic rings. The summed E-state index contributed by atoms with van der Waals surface area (Å²) in [6.07, 6.45) is -7.38. The van der Waals surface area contributed by atoms with Gasteiger partial charge < -0.3 is 64.8 Å². The van der Waals surface area contributed by atoms with Gasteiger partial charge in [-0.3, -0.25) is 75.4 Å². The van der Waals surface area contributed by atoms with Crippen molar-refractivity contribution >= 4 is 56.6 Å². The number of fused-ring (bicyclic) bond motifs is 3. The molecule has 3 saturated heterocycles. The molecule has 12 atom stereocenters. The van der Waals surface area contributed by atoms with E-state index in [2.05, 4.69) is 20.3 Å². The van der Waals surface area contributed by atoms with E-state index in [9.17, 15) is 63.3 Å². The predicted octanol–water partition coefficient (Wildman–Crippen LogP) is 0.208. The Balaban J connectivity index is 0.000000297.